The Balaban J connectivity index is 2.25. The van der Waals surface area contributed by atoms with Crippen molar-refractivity contribution in [2.75, 3.05) is 0 Å². The fraction of sp³-hybridized carbons (Fsp3) is 0.111. The molecule has 0 radical (unpaired) electrons. The lowest BCUT2D eigenvalue weighted by Crippen LogP contribution is -1.93. The van der Waals surface area contributed by atoms with Gasteiger partial charge in [-0.15, -0.1) is 0 Å². The molecule has 5 nitrogen and oxygen atoms in total. The molecule has 0 spiro atoms. The number of hydrogen-bond acceptors (Lipinski definition) is 5. The van der Waals surface area contributed by atoms with E-state index in [-0.39, 0.29) is 0 Å². The van der Waals surface area contributed by atoms with Gasteiger partial charge in [0.15, 0.2) is 5.16 Å². The van der Waals surface area contributed by atoms with Gasteiger partial charge in [-0.2, -0.15) is 10.4 Å². The first-order chi connectivity index (χ1) is 7.29. The Labute approximate surface area is 90.8 Å². The summed E-state index contributed by atoms with van der Waals surface area (Å²) in [6, 6.07) is 7.29. The van der Waals surface area contributed by atoms with E-state index in [1.807, 2.05) is 19.2 Å². The van der Waals surface area contributed by atoms with Crippen molar-refractivity contribution in [3.63, 3.8) is 0 Å². The van der Waals surface area contributed by atoms with E-state index >= 15 is 0 Å². The quantitative estimate of drug-likeness (QED) is 0.756. The van der Waals surface area contributed by atoms with Crippen molar-refractivity contribution in [2.24, 2.45) is 7.05 Å². The Hall–Kier alpha value is -1.87. The minimum absolute atomic E-state index is 0.405. The van der Waals surface area contributed by atoms with Crippen LogP contribution < -0.4 is 0 Å². The third-order valence-electron chi connectivity index (χ3n) is 1.70. The molecule has 0 aliphatic heterocycles. The zero-order valence-corrected chi connectivity index (χ0v) is 8.77. The molecule has 0 bridgehead atoms. The molecule has 6 heteroatoms. The molecular formula is C9H7N5S. The molecule has 2 aromatic rings. The highest BCUT2D eigenvalue weighted by Crippen LogP contribution is 2.22. The van der Waals surface area contributed by atoms with Crippen molar-refractivity contribution in [1.29, 1.82) is 5.26 Å². The summed E-state index contributed by atoms with van der Waals surface area (Å²) in [5.41, 5.74) is 0.405. The normalized spacial score (nSPS) is 9.87. The number of pyridine rings is 1. The smallest absolute Gasteiger partial charge is 0.192 e. The van der Waals surface area contributed by atoms with Crippen LogP contribution in [0.5, 0.6) is 0 Å². The highest BCUT2D eigenvalue weighted by molar-refractivity contribution is 7.99. The molecule has 2 rings (SSSR count). The van der Waals surface area contributed by atoms with Crippen molar-refractivity contribution in [2.45, 2.75) is 10.2 Å². The second-order valence-corrected chi connectivity index (χ2v) is 3.73. The highest BCUT2D eigenvalue weighted by Gasteiger charge is 2.04. The number of hydrogen-bond donors (Lipinski definition) is 0. The van der Waals surface area contributed by atoms with Crippen LogP contribution in [0.1, 0.15) is 5.69 Å². The van der Waals surface area contributed by atoms with Crippen LogP contribution in [-0.2, 0) is 7.05 Å². The van der Waals surface area contributed by atoms with Crippen LogP contribution in [0.25, 0.3) is 0 Å². The van der Waals surface area contributed by atoms with Crippen molar-refractivity contribution in [3.8, 4) is 6.07 Å². The van der Waals surface area contributed by atoms with Crippen LogP contribution in [0.4, 0.5) is 0 Å². The van der Waals surface area contributed by atoms with E-state index in [1.54, 1.807) is 16.8 Å². The SMILES string of the molecule is Cn1ncnc1Sc1cccc(C#N)n1. The number of rotatable bonds is 2. The second kappa shape index (κ2) is 4.11. The number of aromatic nitrogens is 4. The lowest BCUT2D eigenvalue weighted by atomic mass is 10.4. The molecule has 0 unspecified atom stereocenters. The predicted molar refractivity (Wildman–Crippen MR) is 54.1 cm³/mol. The lowest BCUT2D eigenvalue weighted by Gasteiger charge is -1.99. The maximum atomic E-state index is 8.69. The summed E-state index contributed by atoms with van der Waals surface area (Å²) in [7, 11) is 1.81. The summed E-state index contributed by atoms with van der Waals surface area (Å²) >= 11 is 1.38. The number of nitriles is 1. The van der Waals surface area contributed by atoms with Gasteiger partial charge >= 0.3 is 0 Å². The average Bonchev–Trinajstić information content (AvgIpc) is 2.65. The first-order valence-electron chi connectivity index (χ1n) is 4.18. The van der Waals surface area contributed by atoms with Crippen molar-refractivity contribution in [3.05, 3.63) is 30.2 Å². The van der Waals surface area contributed by atoms with Crippen LogP contribution in [0.3, 0.4) is 0 Å². The fourth-order valence-electron chi connectivity index (χ4n) is 1.01. The summed E-state index contributed by atoms with van der Waals surface area (Å²) in [4.78, 5) is 8.19. The molecule has 0 saturated carbocycles. The largest absolute Gasteiger partial charge is 0.244 e. The molecule has 0 saturated heterocycles. The number of nitrogens with zero attached hydrogens (tertiary/aromatic N) is 5. The first-order valence-corrected chi connectivity index (χ1v) is 5.00. The van der Waals surface area contributed by atoms with Crippen molar-refractivity contribution < 1.29 is 0 Å². The Kier molecular flexibility index (Phi) is 2.65. The van der Waals surface area contributed by atoms with Gasteiger partial charge in [-0.25, -0.2) is 14.6 Å². The van der Waals surface area contributed by atoms with Gasteiger partial charge in [-0.05, 0) is 23.9 Å². The molecule has 74 valence electrons. The van der Waals surface area contributed by atoms with E-state index < -0.39 is 0 Å². The molecule has 2 heterocycles. The Morgan fingerprint density at radius 2 is 2.33 bits per heavy atom. The third kappa shape index (κ3) is 2.14. The van der Waals surface area contributed by atoms with E-state index in [1.165, 1.54) is 18.1 Å². The molecule has 0 fully saturated rings. The summed E-state index contributed by atoms with van der Waals surface area (Å²) in [6.45, 7) is 0. The molecule has 2 aromatic heterocycles. The maximum absolute atomic E-state index is 8.69. The zero-order chi connectivity index (χ0) is 10.7. The monoisotopic (exact) mass is 217 g/mol. The Bertz CT molecular complexity index is 513. The van der Waals surface area contributed by atoms with Gasteiger partial charge in [0.05, 0.1) is 0 Å². The molecular weight excluding hydrogens is 210 g/mol. The Morgan fingerprint density at radius 1 is 1.47 bits per heavy atom. The molecule has 15 heavy (non-hydrogen) atoms. The molecule has 0 aliphatic carbocycles. The van der Waals surface area contributed by atoms with Gasteiger partial charge < -0.3 is 0 Å². The van der Waals surface area contributed by atoms with Crippen molar-refractivity contribution >= 4 is 11.8 Å². The van der Waals surface area contributed by atoms with Crippen LogP contribution >= 0.6 is 11.8 Å². The van der Waals surface area contributed by atoms with Gasteiger partial charge in [0.25, 0.3) is 0 Å². The summed E-state index contributed by atoms with van der Waals surface area (Å²) in [5, 5.41) is 14.1. The van der Waals surface area contributed by atoms with Gasteiger partial charge in [0.1, 0.15) is 23.1 Å². The van der Waals surface area contributed by atoms with Crippen LogP contribution in [0.15, 0.2) is 34.7 Å². The summed E-state index contributed by atoms with van der Waals surface area (Å²) in [6.07, 6.45) is 1.48. The van der Waals surface area contributed by atoms with E-state index in [2.05, 4.69) is 15.1 Å². The topological polar surface area (TPSA) is 67.4 Å². The van der Waals surface area contributed by atoms with Gasteiger partial charge in [0.2, 0.25) is 0 Å². The standard InChI is InChI=1S/C9H7N5S/c1-14-9(11-6-12-14)15-8-4-2-3-7(5-10)13-8/h2-4,6H,1H3. The summed E-state index contributed by atoms with van der Waals surface area (Å²) < 4.78 is 1.66. The van der Waals surface area contributed by atoms with Crippen LogP contribution in [0.2, 0.25) is 0 Å². The van der Waals surface area contributed by atoms with Crippen LogP contribution in [-0.4, -0.2) is 19.7 Å². The maximum Gasteiger partial charge on any atom is 0.192 e. The predicted octanol–water partition coefficient (Wildman–Crippen LogP) is 1.23. The fourth-order valence-corrected chi connectivity index (χ4v) is 1.76. The minimum Gasteiger partial charge on any atom is -0.244 e. The number of aryl methyl sites for hydroxylation is 1. The molecule has 0 atom stereocenters. The van der Waals surface area contributed by atoms with Gasteiger partial charge in [-0.3, -0.25) is 0 Å². The average molecular weight is 217 g/mol. The molecule has 0 aliphatic rings. The molecule has 0 aromatic carbocycles. The van der Waals surface area contributed by atoms with E-state index in [0.29, 0.717) is 5.69 Å². The van der Waals surface area contributed by atoms with Gasteiger partial charge in [0, 0.05) is 7.05 Å². The van der Waals surface area contributed by atoms with E-state index in [9.17, 15) is 0 Å². The zero-order valence-electron chi connectivity index (χ0n) is 7.95. The third-order valence-corrected chi connectivity index (χ3v) is 2.69. The van der Waals surface area contributed by atoms with Crippen molar-refractivity contribution in [1.82, 2.24) is 19.7 Å². The summed E-state index contributed by atoms with van der Waals surface area (Å²) in [5.74, 6) is 0. The first kappa shape index (κ1) is 9.68. The van der Waals surface area contributed by atoms with E-state index in [0.717, 1.165) is 10.2 Å². The van der Waals surface area contributed by atoms with Gasteiger partial charge in [-0.1, -0.05) is 6.07 Å². The molecule has 0 amide bonds. The van der Waals surface area contributed by atoms with Crippen LogP contribution in [0, 0.1) is 11.3 Å². The molecule has 0 N–H and O–H groups in total. The Morgan fingerprint density at radius 3 is 3.00 bits per heavy atom. The lowest BCUT2D eigenvalue weighted by molar-refractivity contribution is 0.684. The van der Waals surface area contributed by atoms with E-state index in [4.69, 9.17) is 5.26 Å². The highest BCUT2D eigenvalue weighted by atomic mass is 32.2. The minimum atomic E-state index is 0.405. The second-order valence-electron chi connectivity index (χ2n) is 2.74.